The first kappa shape index (κ1) is 13.7. The van der Waals surface area contributed by atoms with E-state index >= 15 is 0 Å². The van der Waals surface area contributed by atoms with E-state index in [1.54, 1.807) is 0 Å². The molecule has 0 amide bonds. The number of hydrogen-bond acceptors (Lipinski definition) is 2. The van der Waals surface area contributed by atoms with Gasteiger partial charge in [-0.3, -0.25) is 0 Å². The first-order valence-corrected chi connectivity index (χ1v) is 7.02. The van der Waals surface area contributed by atoms with E-state index in [0.717, 1.165) is 18.7 Å². The lowest BCUT2D eigenvalue weighted by molar-refractivity contribution is 0.608. The lowest BCUT2D eigenvalue weighted by Crippen LogP contribution is -2.02. The van der Waals surface area contributed by atoms with Gasteiger partial charge in [-0.05, 0) is 31.4 Å². The summed E-state index contributed by atoms with van der Waals surface area (Å²) < 4.78 is 2.07. The average molecular weight is 257 g/mol. The van der Waals surface area contributed by atoms with Crippen LogP contribution in [0.25, 0.3) is 11.3 Å². The van der Waals surface area contributed by atoms with Crippen LogP contribution in [0.3, 0.4) is 0 Å². The number of nitrogen functional groups attached to an aromatic ring is 1. The molecule has 0 unspecified atom stereocenters. The number of nitrogens with two attached hydrogens (primary N) is 1. The summed E-state index contributed by atoms with van der Waals surface area (Å²) >= 11 is 0. The van der Waals surface area contributed by atoms with Crippen LogP contribution in [0.1, 0.15) is 37.3 Å². The zero-order chi connectivity index (χ0) is 13.8. The molecule has 102 valence electrons. The van der Waals surface area contributed by atoms with Crippen LogP contribution in [0.2, 0.25) is 0 Å². The van der Waals surface area contributed by atoms with Crippen LogP contribution in [0.5, 0.6) is 0 Å². The summed E-state index contributed by atoms with van der Waals surface area (Å²) in [6.07, 6.45) is 5.69. The van der Waals surface area contributed by atoms with Gasteiger partial charge in [-0.1, -0.05) is 38.0 Å². The number of anilines is 1. The molecule has 2 N–H and O–H groups in total. The zero-order valence-electron chi connectivity index (χ0n) is 12.1. The number of unbranched alkanes of at least 4 members (excludes halogenated alkanes) is 2. The summed E-state index contributed by atoms with van der Waals surface area (Å²) in [7, 11) is 0. The maximum Gasteiger partial charge on any atom is 0.200 e. The second-order valence-electron chi connectivity index (χ2n) is 5.15. The van der Waals surface area contributed by atoms with Crippen molar-refractivity contribution in [1.29, 1.82) is 0 Å². The normalized spacial score (nSPS) is 10.9. The van der Waals surface area contributed by atoms with Crippen molar-refractivity contribution >= 4 is 5.95 Å². The fourth-order valence-electron chi connectivity index (χ4n) is 2.48. The van der Waals surface area contributed by atoms with E-state index in [2.05, 4.69) is 54.7 Å². The molecule has 0 fully saturated rings. The Balaban J connectivity index is 2.29. The number of benzene rings is 1. The van der Waals surface area contributed by atoms with Gasteiger partial charge in [-0.25, -0.2) is 4.98 Å². The Bertz CT molecular complexity index is 535. The SMILES string of the molecule is CCCCCn1cc(-c2c(C)cccc2C)nc1N. The van der Waals surface area contributed by atoms with Gasteiger partial charge in [0.05, 0.1) is 5.69 Å². The summed E-state index contributed by atoms with van der Waals surface area (Å²) in [6, 6.07) is 6.32. The summed E-state index contributed by atoms with van der Waals surface area (Å²) in [4.78, 5) is 4.52. The van der Waals surface area contributed by atoms with Gasteiger partial charge in [0, 0.05) is 18.3 Å². The summed E-state index contributed by atoms with van der Waals surface area (Å²) in [5.41, 5.74) is 10.7. The van der Waals surface area contributed by atoms with Crippen LogP contribution in [-0.4, -0.2) is 9.55 Å². The highest BCUT2D eigenvalue weighted by atomic mass is 15.1. The minimum absolute atomic E-state index is 0.619. The van der Waals surface area contributed by atoms with Crippen LogP contribution >= 0.6 is 0 Å². The van der Waals surface area contributed by atoms with Crippen LogP contribution in [-0.2, 0) is 6.54 Å². The molecule has 1 aromatic heterocycles. The first-order valence-electron chi connectivity index (χ1n) is 7.02. The Morgan fingerprint density at radius 1 is 1.16 bits per heavy atom. The molecule has 2 rings (SSSR count). The molecule has 3 nitrogen and oxygen atoms in total. The molecular weight excluding hydrogens is 234 g/mol. The zero-order valence-corrected chi connectivity index (χ0v) is 12.1. The van der Waals surface area contributed by atoms with E-state index in [-0.39, 0.29) is 0 Å². The van der Waals surface area contributed by atoms with Gasteiger partial charge in [-0.15, -0.1) is 0 Å². The van der Waals surface area contributed by atoms with Crippen molar-refractivity contribution in [3.8, 4) is 11.3 Å². The van der Waals surface area contributed by atoms with Gasteiger partial charge in [0.25, 0.3) is 0 Å². The van der Waals surface area contributed by atoms with Crippen molar-refractivity contribution in [3.63, 3.8) is 0 Å². The molecule has 0 aliphatic heterocycles. The van der Waals surface area contributed by atoms with Crippen LogP contribution in [0.15, 0.2) is 24.4 Å². The maximum atomic E-state index is 6.01. The lowest BCUT2D eigenvalue weighted by atomic mass is 10.0. The third-order valence-corrected chi connectivity index (χ3v) is 3.55. The quantitative estimate of drug-likeness (QED) is 0.824. The standard InChI is InChI=1S/C16H23N3/c1-4-5-6-10-19-11-14(18-16(19)17)15-12(2)8-7-9-13(15)3/h7-9,11H,4-6,10H2,1-3H3,(H2,17,18). The topological polar surface area (TPSA) is 43.8 Å². The van der Waals surface area contributed by atoms with E-state index in [4.69, 9.17) is 5.73 Å². The molecule has 1 aromatic carbocycles. The fourth-order valence-corrected chi connectivity index (χ4v) is 2.48. The van der Waals surface area contributed by atoms with Crippen LogP contribution < -0.4 is 5.73 Å². The largest absolute Gasteiger partial charge is 0.369 e. The molecule has 0 spiro atoms. The second kappa shape index (κ2) is 5.91. The molecule has 0 bridgehead atoms. The molecule has 0 aliphatic carbocycles. The van der Waals surface area contributed by atoms with Gasteiger partial charge in [0.2, 0.25) is 5.95 Å². The molecular formula is C16H23N3. The number of rotatable bonds is 5. The summed E-state index contributed by atoms with van der Waals surface area (Å²) in [6.45, 7) is 7.40. The third-order valence-electron chi connectivity index (χ3n) is 3.55. The molecule has 0 radical (unpaired) electrons. The molecule has 0 aliphatic rings. The van der Waals surface area contributed by atoms with Crippen molar-refractivity contribution in [2.75, 3.05) is 5.73 Å². The van der Waals surface area contributed by atoms with Gasteiger partial charge in [0.15, 0.2) is 0 Å². The van der Waals surface area contributed by atoms with Gasteiger partial charge >= 0.3 is 0 Å². The molecule has 3 heteroatoms. The Kier molecular flexibility index (Phi) is 4.25. The Labute approximate surface area is 115 Å². The fraction of sp³-hybridized carbons (Fsp3) is 0.438. The second-order valence-corrected chi connectivity index (χ2v) is 5.15. The number of aromatic nitrogens is 2. The summed E-state index contributed by atoms with van der Waals surface area (Å²) in [5.74, 6) is 0.619. The van der Waals surface area contributed by atoms with Crippen molar-refractivity contribution in [3.05, 3.63) is 35.5 Å². The smallest absolute Gasteiger partial charge is 0.200 e. The molecule has 2 aromatic rings. The average Bonchev–Trinajstić information content (AvgIpc) is 2.71. The number of nitrogens with zero attached hydrogens (tertiary/aromatic N) is 2. The molecule has 0 saturated heterocycles. The van der Waals surface area contributed by atoms with Gasteiger partial charge in [-0.2, -0.15) is 0 Å². The van der Waals surface area contributed by atoms with Crippen molar-refractivity contribution in [2.45, 2.75) is 46.6 Å². The highest BCUT2D eigenvalue weighted by molar-refractivity contribution is 5.68. The number of aryl methyl sites for hydroxylation is 3. The molecule has 0 saturated carbocycles. The van der Waals surface area contributed by atoms with E-state index < -0.39 is 0 Å². The molecule has 0 atom stereocenters. The predicted molar refractivity (Wildman–Crippen MR) is 81.1 cm³/mol. The van der Waals surface area contributed by atoms with E-state index in [9.17, 15) is 0 Å². The maximum absolute atomic E-state index is 6.01. The predicted octanol–water partition coefficient (Wildman–Crippen LogP) is 3.94. The number of hydrogen-bond donors (Lipinski definition) is 1. The van der Waals surface area contributed by atoms with Crippen molar-refractivity contribution in [1.82, 2.24) is 9.55 Å². The van der Waals surface area contributed by atoms with E-state index in [1.807, 2.05) is 0 Å². The van der Waals surface area contributed by atoms with E-state index in [1.165, 1.54) is 29.5 Å². The Hall–Kier alpha value is -1.77. The highest BCUT2D eigenvalue weighted by Crippen LogP contribution is 2.27. The first-order chi connectivity index (χ1) is 9.13. The van der Waals surface area contributed by atoms with Gasteiger partial charge in [0.1, 0.15) is 0 Å². The monoisotopic (exact) mass is 257 g/mol. The van der Waals surface area contributed by atoms with Crippen LogP contribution in [0, 0.1) is 13.8 Å². The molecule has 19 heavy (non-hydrogen) atoms. The Morgan fingerprint density at radius 3 is 2.47 bits per heavy atom. The Morgan fingerprint density at radius 2 is 1.84 bits per heavy atom. The summed E-state index contributed by atoms with van der Waals surface area (Å²) in [5, 5.41) is 0. The minimum Gasteiger partial charge on any atom is -0.369 e. The van der Waals surface area contributed by atoms with Crippen molar-refractivity contribution < 1.29 is 0 Å². The van der Waals surface area contributed by atoms with E-state index in [0.29, 0.717) is 5.95 Å². The minimum atomic E-state index is 0.619. The van der Waals surface area contributed by atoms with Gasteiger partial charge < -0.3 is 10.3 Å². The van der Waals surface area contributed by atoms with Crippen LogP contribution in [0.4, 0.5) is 5.95 Å². The highest BCUT2D eigenvalue weighted by Gasteiger charge is 2.11. The molecule has 1 heterocycles. The number of imidazole rings is 1. The third kappa shape index (κ3) is 2.98. The lowest BCUT2D eigenvalue weighted by Gasteiger charge is -2.06. The van der Waals surface area contributed by atoms with Crippen molar-refractivity contribution in [2.24, 2.45) is 0 Å².